The molecule has 0 fully saturated rings. The van der Waals surface area contributed by atoms with Crippen molar-refractivity contribution in [1.82, 2.24) is 4.72 Å². The fourth-order valence-electron chi connectivity index (χ4n) is 2.66. The Morgan fingerprint density at radius 1 is 1.19 bits per heavy atom. The highest BCUT2D eigenvalue weighted by molar-refractivity contribution is 7.89. The minimum Gasteiger partial charge on any atom is -0.398 e. The van der Waals surface area contributed by atoms with E-state index in [9.17, 15) is 8.42 Å². The number of nitrogens with one attached hydrogen (secondary N) is 1. The Kier molecular flexibility index (Phi) is 5.03. The van der Waals surface area contributed by atoms with E-state index in [4.69, 9.17) is 17.3 Å². The van der Waals surface area contributed by atoms with E-state index in [0.717, 1.165) is 5.56 Å². The molecule has 1 aromatic carbocycles. The van der Waals surface area contributed by atoms with Crippen molar-refractivity contribution in [2.75, 3.05) is 5.73 Å². The first-order chi connectivity index (χ1) is 9.23. The highest BCUT2D eigenvalue weighted by Crippen LogP contribution is 2.31. The van der Waals surface area contributed by atoms with Gasteiger partial charge in [0.05, 0.1) is 5.02 Å². The lowest BCUT2D eigenvalue weighted by Gasteiger charge is -2.33. The predicted molar refractivity (Wildman–Crippen MR) is 89.1 cm³/mol. The molecule has 0 radical (unpaired) electrons. The number of nitrogen functional groups attached to an aromatic ring is 1. The van der Waals surface area contributed by atoms with Crippen molar-refractivity contribution in [3.05, 3.63) is 22.7 Å². The quantitative estimate of drug-likeness (QED) is 0.825. The lowest BCUT2D eigenvalue weighted by Crippen LogP contribution is -2.45. The lowest BCUT2D eigenvalue weighted by atomic mass is 9.82. The molecule has 0 aromatic heterocycles. The van der Waals surface area contributed by atoms with Gasteiger partial charge in [0, 0.05) is 11.2 Å². The van der Waals surface area contributed by atoms with Crippen LogP contribution in [0.3, 0.4) is 0 Å². The molecule has 4 nitrogen and oxygen atoms in total. The first-order valence-corrected chi connectivity index (χ1v) is 8.69. The predicted octanol–water partition coefficient (Wildman–Crippen LogP) is 3.72. The highest BCUT2D eigenvalue weighted by atomic mass is 35.5. The third-order valence-corrected chi connectivity index (χ3v) is 5.16. The highest BCUT2D eigenvalue weighted by Gasteiger charge is 2.31. The van der Waals surface area contributed by atoms with E-state index < -0.39 is 15.6 Å². The van der Waals surface area contributed by atoms with Crippen molar-refractivity contribution in [1.29, 1.82) is 0 Å². The van der Waals surface area contributed by atoms with E-state index in [1.807, 2.05) is 13.8 Å². The van der Waals surface area contributed by atoms with Crippen LogP contribution in [0.1, 0.15) is 46.6 Å². The summed E-state index contributed by atoms with van der Waals surface area (Å²) >= 11 is 6.07. The molecule has 0 heterocycles. The van der Waals surface area contributed by atoms with E-state index in [1.165, 1.54) is 6.07 Å². The van der Waals surface area contributed by atoms with Crippen LogP contribution in [0.4, 0.5) is 5.69 Å². The monoisotopic (exact) mass is 332 g/mol. The fraction of sp³-hybridized carbons (Fsp3) is 0.600. The zero-order chi connectivity index (χ0) is 16.6. The van der Waals surface area contributed by atoms with Gasteiger partial charge in [0.25, 0.3) is 0 Å². The van der Waals surface area contributed by atoms with Gasteiger partial charge < -0.3 is 5.73 Å². The van der Waals surface area contributed by atoms with Crippen LogP contribution in [0.2, 0.25) is 5.02 Å². The smallest absolute Gasteiger partial charge is 0.242 e. The van der Waals surface area contributed by atoms with Crippen LogP contribution in [0.25, 0.3) is 0 Å². The average molecular weight is 333 g/mol. The molecule has 0 saturated carbocycles. The Morgan fingerprint density at radius 2 is 1.71 bits per heavy atom. The van der Waals surface area contributed by atoms with Gasteiger partial charge in [-0.25, -0.2) is 13.1 Å². The fourth-order valence-corrected chi connectivity index (χ4v) is 4.69. The zero-order valence-corrected chi connectivity index (χ0v) is 15.1. The van der Waals surface area contributed by atoms with Gasteiger partial charge in [0.2, 0.25) is 10.0 Å². The maximum absolute atomic E-state index is 12.6. The lowest BCUT2D eigenvalue weighted by molar-refractivity contribution is 0.269. The third kappa shape index (κ3) is 5.16. The van der Waals surface area contributed by atoms with Crippen LogP contribution in [0.15, 0.2) is 17.0 Å². The van der Waals surface area contributed by atoms with E-state index in [1.54, 1.807) is 13.0 Å². The number of rotatable bonds is 4. The molecule has 1 rings (SSSR count). The Hall–Kier alpha value is -0.780. The molecule has 6 heteroatoms. The molecular formula is C15H25ClN2O2S. The van der Waals surface area contributed by atoms with Crippen molar-refractivity contribution in [2.45, 2.75) is 58.4 Å². The summed E-state index contributed by atoms with van der Waals surface area (Å²) in [6.45, 7) is 11.7. The van der Waals surface area contributed by atoms with Crippen LogP contribution in [-0.4, -0.2) is 14.0 Å². The second-order valence-electron chi connectivity index (χ2n) is 7.37. The number of nitrogens with two attached hydrogens (primary N) is 1. The van der Waals surface area contributed by atoms with Crippen molar-refractivity contribution in [3.8, 4) is 0 Å². The molecule has 0 bridgehead atoms. The molecule has 0 aliphatic heterocycles. The van der Waals surface area contributed by atoms with Crippen LogP contribution >= 0.6 is 11.6 Å². The second-order valence-corrected chi connectivity index (χ2v) is 9.42. The van der Waals surface area contributed by atoms with Gasteiger partial charge in [-0.1, -0.05) is 32.4 Å². The Morgan fingerprint density at radius 3 is 2.19 bits per heavy atom. The number of hydrogen-bond acceptors (Lipinski definition) is 3. The molecule has 0 spiro atoms. The standard InChI is InChI=1S/C15H25ClN2O2S/c1-10-7-11(16)13(8-12(10)17)21(19,20)18-15(5,6)9-14(2,3)4/h7-8,18H,9,17H2,1-6H3. The SMILES string of the molecule is Cc1cc(Cl)c(S(=O)(=O)NC(C)(C)CC(C)(C)C)cc1N. The number of benzene rings is 1. The van der Waals surface area contributed by atoms with Gasteiger partial charge in [-0.2, -0.15) is 0 Å². The summed E-state index contributed by atoms with van der Waals surface area (Å²) in [6.07, 6.45) is 0.693. The Balaban J connectivity index is 3.16. The normalized spacial score (nSPS) is 13.5. The van der Waals surface area contributed by atoms with E-state index in [-0.39, 0.29) is 15.3 Å². The number of halogens is 1. The summed E-state index contributed by atoms with van der Waals surface area (Å²) in [5.74, 6) is 0. The van der Waals surface area contributed by atoms with Gasteiger partial charge >= 0.3 is 0 Å². The molecule has 0 saturated heterocycles. The molecule has 3 N–H and O–H groups in total. The van der Waals surface area contributed by atoms with Gasteiger partial charge in [-0.3, -0.25) is 0 Å². The second kappa shape index (κ2) is 5.78. The number of aryl methyl sites for hydroxylation is 1. The molecule has 0 atom stereocenters. The molecular weight excluding hydrogens is 308 g/mol. The van der Waals surface area contributed by atoms with E-state index >= 15 is 0 Å². The minimum atomic E-state index is -3.72. The maximum atomic E-state index is 12.6. The summed E-state index contributed by atoms with van der Waals surface area (Å²) in [7, 11) is -3.72. The molecule has 0 aliphatic rings. The van der Waals surface area contributed by atoms with Crippen molar-refractivity contribution in [2.24, 2.45) is 5.41 Å². The summed E-state index contributed by atoms with van der Waals surface area (Å²) in [6, 6.07) is 2.98. The summed E-state index contributed by atoms with van der Waals surface area (Å²) in [5.41, 5.74) is 6.39. The van der Waals surface area contributed by atoms with Crippen LogP contribution < -0.4 is 10.5 Å². The van der Waals surface area contributed by atoms with Crippen molar-refractivity contribution in [3.63, 3.8) is 0 Å². The first-order valence-electron chi connectivity index (χ1n) is 6.83. The Labute approximate surface area is 133 Å². The van der Waals surface area contributed by atoms with Gasteiger partial charge in [-0.15, -0.1) is 0 Å². The largest absolute Gasteiger partial charge is 0.398 e. The molecule has 0 amide bonds. The van der Waals surface area contributed by atoms with Crippen LogP contribution in [0, 0.1) is 12.3 Å². The van der Waals surface area contributed by atoms with Gasteiger partial charge in [0.15, 0.2) is 0 Å². The molecule has 120 valence electrons. The minimum absolute atomic E-state index is 0.00210. The van der Waals surface area contributed by atoms with Crippen molar-refractivity contribution >= 4 is 27.3 Å². The van der Waals surface area contributed by atoms with E-state index in [0.29, 0.717) is 12.1 Å². The number of hydrogen-bond donors (Lipinski definition) is 2. The number of sulfonamides is 1. The summed E-state index contributed by atoms with van der Waals surface area (Å²) in [5, 5.41) is 0.181. The Bertz CT molecular complexity index is 632. The van der Waals surface area contributed by atoms with E-state index in [2.05, 4.69) is 25.5 Å². The van der Waals surface area contributed by atoms with Crippen LogP contribution in [0.5, 0.6) is 0 Å². The topological polar surface area (TPSA) is 72.2 Å². The molecule has 1 aromatic rings. The maximum Gasteiger partial charge on any atom is 0.242 e. The van der Waals surface area contributed by atoms with Gasteiger partial charge in [-0.05, 0) is 50.3 Å². The van der Waals surface area contributed by atoms with Gasteiger partial charge in [0.1, 0.15) is 4.90 Å². The first kappa shape index (κ1) is 18.3. The molecule has 21 heavy (non-hydrogen) atoms. The third-order valence-electron chi connectivity index (χ3n) is 2.99. The van der Waals surface area contributed by atoms with Crippen LogP contribution in [-0.2, 0) is 10.0 Å². The van der Waals surface area contributed by atoms with Crippen molar-refractivity contribution < 1.29 is 8.42 Å². The summed E-state index contributed by atoms with van der Waals surface area (Å²) < 4.78 is 27.9. The molecule has 0 unspecified atom stereocenters. The average Bonchev–Trinajstić information content (AvgIpc) is 2.17. The summed E-state index contributed by atoms with van der Waals surface area (Å²) in [4.78, 5) is 0.0225. The number of anilines is 1. The zero-order valence-electron chi connectivity index (χ0n) is 13.5. The molecule has 0 aliphatic carbocycles.